The molecule has 3 heterocycles. The number of imidazole rings is 1. The Bertz CT molecular complexity index is 1960. The van der Waals surface area contributed by atoms with E-state index in [1.165, 1.54) is 18.4 Å². The largest absolute Gasteiger partial charge is 0.478 e. The molecule has 2 N–H and O–H groups in total. The fourth-order valence-corrected chi connectivity index (χ4v) is 7.17. The molecule has 0 radical (unpaired) electrons. The molecule has 0 aliphatic heterocycles. The number of hydrogen-bond acceptors (Lipinski definition) is 5. The number of aromatic nitrogens is 5. The van der Waals surface area contributed by atoms with Crippen LogP contribution in [0.5, 0.6) is 0 Å². The first-order chi connectivity index (χ1) is 21.2. The number of amides is 1. The fourth-order valence-electron chi connectivity index (χ4n) is 7.07. The van der Waals surface area contributed by atoms with Gasteiger partial charge in [-0.3, -0.25) is 4.79 Å². The van der Waals surface area contributed by atoms with Crippen LogP contribution in [0.4, 0.5) is 0 Å². The lowest BCUT2D eigenvalue weighted by Gasteiger charge is -2.41. The Labute approximate surface area is 259 Å². The van der Waals surface area contributed by atoms with Crippen LogP contribution in [0, 0.1) is 0 Å². The molecule has 2 saturated carbocycles. The van der Waals surface area contributed by atoms with E-state index in [2.05, 4.69) is 25.9 Å². The number of benzene rings is 2. The first kappa shape index (κ1) is 28.3. The molecule has 9 nitrogen and oxygen atoms in total. The topological polar surface area (TPSA) is 115 Å². The van der Waals surface area contributed by atoms with Crippen molar-refractivity contribution in [2.45, 2.75) is 56.4 Å². The average molecular weight is 609 g/mol. The van der Waals surface area contributed by atoms with E-state index in [1.807, 2.05) is 49.0 Å². The summed E-state index contributed by atoms with van der Waals surface area (Å²) in [6, 6.07) is 11.6. The minimum atomic E-state index is -0.996. The maximum Gasteiger partial charge on any atom is 0.328 e. The molecule has 0 saturated heterocycles. The van der Waals surface area contributed by atoms with Crippen molar-refractivity contribution in [2.75, 3.05) is 0 Å². The van der Waals surface area contributed by atoms with E-state index in [1.54, 1.807) is 18.5 Å². The van der Waals surface area contributed by atoms with Crippen LogP contribution in [0.15, 0.2) is 54.9 Å². The van der Waals surface area contributed by atoms with Crippen LogP contribution in [-0.4, -0.2) is 41.1 Å². The lowest BCUT2D eigenvalue weighted by molar-refractivity contribution is -0.131. The van der Waals surface area contributed by atoms with Gasteiger partial charge in [-0.05, 0) is 79.5 Å². The molecule has 0 bridgehead atoms. The van der Waals surface area contributed by atoms with Gasteiger partial charge in [-0.25, -0.2) is 19.7 Å². The second-order valence-corrected chi connectivity index (χ2v) is 12.5. The number of nitrogens with one attached hydrogen (secondary N) is 1. The second-order valence-electron chi connectivity index (χ2n) is 12.1. The monoisotopic (exact) mass is 608 g/mol. The maximum absolute atomic E-state index is 13.9. The molecule has 2 aliphatic carbocycles. The predicted octanol–water partition coefficient (Wildman–Crippen LogP) is 6.74. The van der Waals surface area contributed by atoms with Gasteiger partial charge >= 0.3 is 5.97 Å². The van der Waals surface area contributed by atoms with Gasteiger partial charge in [-0.1, -0.05) is 36.6 Å². The number of nitrogens with zero attached hydrogens (tertiary/aromatic N) is 5. The lowest BCUT2D eigenvalue weighted by atomic mass is 9.75. The fraction of sp³-hybridized carbons (Fsp3) is 0.324. The number of carbonyl (C=O) groups excluding carboxylic acids is 1. The molecular weight excluding hydrogens is 576 g/mol. The lowest BCUT2D eigenvalue weighted by Crippen LogP contribution is -2.52. The zero-order valence-corrected chi connectivity index (χ0v) is 25.4. The zero-order chi connectivity index (χ0) is 30.6. The molecule has 0 spiro atoms. The average Bonchev–Trinajstić information content (AvgIpc) is 3.71. The molecule has 2 aliphatic rings. The van der Waals surface area contributed by atoms with E-state index in [-0.39, 0.29) is 5.91 Å². The Balaban J connectivity index is 1.24. The SMILES string of the molecule is Cn1c(C2(NC(=O)c3ccc4c(C5CCCC5)c(-c5ncc(Cl)cn5)n(C)c4c3)CCC2)nc2ccc(/C=C/C(=O)O)cc21. The molecule has 2 fully saturated rings. The van der Waals surface area contributed by atoms with Gasteiger partial charge in [-0.2, -0.15) is 0 Å². The minimum absolute atomic E-state index is 0.142. The molecule has 44 heavy (non-hydrogen) atoms. The molecule has 1 amide bonds. The Hall–Kier alpha value is -4.50. The van der Waals surface area contributed by atoms with Crippen molar-refractivity contribution in [1.29, 1.82) is 0 Å². The van der Waals surface area contributed by atoms with Crippen molar-refractivity contribution in [1.82, 2.24) is 29.4 Å². The summed E-state index contributed by atoms with van der Waals surface area (Å²) in [6.07, 6.45) is 13.2. The zero-order valence-electron chi connectivity index (χ0n) is 24.7. The van der Waals surface area contributed by atoms with Gasteiger partial charge in [0.1, 0.15) is 5.82 Å². The summed E-state index contributed by atoms with van der Waals surface area (Å²) in [4.78, 5) is 39.0. The highest BCUT2D eigenvalue weighted by Crippen LogP contribution is 2.45. The molecule has 224 valence electrons. The molecule has 10 heteroatoms. The summed E-state index contributed by atoms with van der Waals surface area (Å²) >= 11 is 6.11. The van der Waals surface area contributed by atoms with Gasteiger partial charge in [-0.15, -0.1) is 0 Å². The molecular formula is C34H33ClN6O3. The van der Waals surface area contributed by atoms with Gasteiger partial charge in [0.15, 0.2) is 5.82 Å². The molecule has 0 unspecified atom stereocenters. The number of aryl methyl sites for hydroxylation is 2. The first-order valence-corrected chi connectivity index (χ1v) is 15.4. The number of carboxylic acids is 1. The first-order valence-electron chi connectivity index (χ1n) is 15.0. The van der Waals surface area contributed by atoms with Crippen LogP contribution in [0.25, 0.3) is 39.5 Å². The van der Waals surface area contributed by atoms with Crippen molar-refractivity contribution in [2.24, 2.45) is 14.1 Å². The highest BCUT2D eigenvalue weighted by Gasteiger charge is 2.44. The van der Waals surface area contributed by atoms with Crippen LogP contribution in [-0.2, 0) is 24.4 Å². The van der Waals surface area contributed by atoms with Gasteiger partial charge in [0.25, 0.3) is 5.91 Å². The molecule has 0 atom stereocenters. The second kappa shape index (κ2) is 10.9. The number of aliphatic carboxylic acids is 1. The van der Waals surface area contributed by atoms with Crippen LogP contribution in [0.3, 0.4) is 0 Å². The smallest absolute Gasteiger partial charge is 0.328 e. The van der Waals surface area contributed by atoms with Gasteiger partial charge in [0, 0.05) is 49.0 Å². The summed E-state index contributed by atoms with van der Waals surface area (Å²) in [7, 11) is 3.96. The standard InChI is InChI=1S/C34H33ClN6O3/c1-40-26-17-22(10-11-24(26)29(21-6-3-4-7-21)30(40)31-36-18-23(35)19-37-31)32(44)39-34(14-5-15-34)33-38-25-12-8-20(9-13-28(42)43)16-27(25)41(33)2/h8-13,16-19,21H,3-7,14-15H2,1-2H3,(H,39,44)(H,42,43)/b13-9+. The van der Waals surface area contributed by atoms with Crippen molar-refractivity contribution < 1.29 is 14.7 Å². The van der Waals surface area contributed by atoms with Crippen molar-refractivity contribution >= 4 is 51.5 Å². The number of hydrogen-bond donors (Lipinski definition) is 2. The predicted molar refractivity (Wildman–Crippen MR) is 171 cm³/mol. The minimum Gasteiger partial charge on any atom is -0.478 e. The number of carboxylic acid groups (broad SMARTS) is 1. The Morgan fingerprint density at radius 2 is 1.75 bits per heavy atom. The highest BCUT2D eigenvalue weighted by atomic mass is 35.5. The van der Waals surface area contributed by atoms with Crippen LogP contribution in [0.2, 0.25) is 5.02 Å². The Morgan fingerprint density at radius 3 is 2.43 bits per heavy atom. The van der Waals surface area contributed by atoms with E-state index < -0.39 is 11.5 Å². The summed E-state index contributed by atoms with van der Waals surface area (Å²) in [5.41, 5.74) is 5.67. The summed E-state index contributed by atoms with van der Waals surface area (Å²) in [5, 5.41) is 14.0. The van der Waals surface area contributed by atoms with Crippen LogP contribution in [0.1, 0.15) is 78.2 Å². The number of halogens is 1. The Morgan fingerprint density at radius 1 is 1.00 bits per heavy atom. The van der Waals surface area contributed by atoms with Gasteiger partial charge < -0.3 is 19.6 Å². The molecule has 2 aromatic carbocycles. The van der Waals surface area contributed by atoms with Crippen molar-refractivity contribution in [3.63, 3.8) is 0 Å². The number of rotatable bonds is 7. The highest BCUT2D eigenvalue weighted by molar-refractivity contribution is 6.30. The summed E-state index contributed by atoms with van der Waals surface area (Å²) < 4.78 is 4.13. The van der Waals surface area contributed by atoms with Gasteiger partial charge in [0.2, 0.25) is 0 Å². The number of fused-ring (bicyclic) bond motifs is 2. The third-order valence-corrected chi connectivity index (χ3v) is 9.60. The van der Waals surface area contributed by atoms with E-state index in [0.717, 1.165) is 77.2 Å². The third kappa shape index (κ3) is 4.76. The normalized spacial score (nSPS) is 16.6. The van der Waals surface area contributed by atoms with Gasteiger partial charge in [0.05, 0.1) is 27.3 Å². The third-order valence-electron chi connectivity index (χ3n) is 9.41. The van der Waals surface area contributed by atoms with E-state index in [4.69, 9.17) is 21.7 Å². The van der Waals surface area contributed by atoms with E-state index in [0.29, 0.717) is 22.3 Å². The van der Waals surface area contributed by atoms with E-state index >= 15 is 0 Å². The molecule has 3 aromatic heterocycles. The van der Waals surface area contributed by atoms with Crippen LogP contribution < -0.4 is 5.32 Å². The quantitative estimate of drug-likeness (QED) is 0.198. The van der Waals surface area contributed by atoms with Crippen molar-refractivity contribution in [3.8, 4) is 11.5 Å². The maximum atomic E-state index is 13.9. The van der Waals surface area contributed by atoms with E-state index in [9.17, 15) is 9.59 Å². The molecule has 5 aromatic rings. The van der Waals surface area contributed by atoms with Crippen molar-refractivity contribution in [3.05, 3.63) is 82.4 Å². The van der Waals surface area contributed by atoms with Crippen LogP contribution >= 0.6 is 11.6 Å². The summed E-state index contributed by atoms with van der Waals surface area (Å²) in [6.45, 7) is 0. The Kier molecular flexibility index (Phi) is 7.00. The number of carbonyl (C=O) groups is 2. The molecule has 7 rings (SSSR count). The summed E-state index contributed by atoms with van der Waals surface area (Å²) in [5.74, 6) is 0.722.